The lowest BCUT2D eigenvalue weighted by Crippen LogP contribution is -2.27. The van der Waals surface area contributed by atoms with E-state index in [0.717, 1.165) is 30.2 Å². The molecule has 1 heterocycles. The van der Waals surface area contributed by atoms with Crippen LogP contribution in [0.15, 0.2) is 59.6 Å². The first kappa shape index (κ1) is 21.8. The van der Waals surface area contributed by atoms with E-state index in [4.69, 9.17) is 15.6 Å². The Morgan fingerprint density at radius 2 is 1.73 bits per heavy atom. The van der Waals surface area contributed by atoms with Gasteiger partial charge in [0.2, 0.25) is 0 Å². The standard InChI is InChI=1S/C18H18N2O2S.C2HF3O2/c19-14-8-6-13-7-9-18-16(17(13)12-14)10-11-20(18)23(21,22)15-4-2-1-3-5-15;3-2(4,5)1(6)7/h1-5,7,9-11,14H,6,8,12,19H2;(H,6,7). The average molecular weight is 440 g/mol. The molecule has 10 heteroatoms. The van der Waals surface area contributed by atoms with Crippen molar-refractivity contribution in [2.24, 2.45) is 5.73 Å². The fourth-order valence-electron chi connectivity index (χ4n) is 3.39. The number of aliphatic carboxylic acids is 1. The van der Waals surface area contributed by atoms with Gasteiger partial charge in [0.05, 0.1) is 10.4 Å². The number of alkyl halides is 3. The molecule has 0 saturated heterocycles. The molecular weight excluding hydrogens is 421 g/mol. The molecule has 1 aromatic heterocycles. The molecule has 0 amide bonds. The number of fused-ring (bicyclic) bond motifs is 3. The number of aryl methyl sites for hydroxylation is 1. The van der Waals surface area contributed by atoms with Crippen LogP contribution < -0.4 is 5.73 Å². The molecule has 0 aliphatic heterocycles. The van der Waals surface area contributed by atoms with E-state index < -0.39 is 22.2 Å². The van der Waals surface area contributed by atoms with Gasteiger partial charge in [-0.05, 0) is 54.7 Å². The van der Waals surface area contributed by atoms with Gasteiger partial charge in [-0.25, -0.2) is 17.2 Å². The molecule has 2 aromatic carbocycles. The van der Waals surface area contributed by atoms with Crippen LogP contribution in [0.3, 0.4) is 0 Å². The van der Waals surface area contributed by atoms with Crippen molar-refractivity contribution in [1.29, 1.82) is 0 Å². The lowest BCUT2D eigenvalue weighted by molar-refractivity contribution is -0.192. The Kier molecular flexibility index (Phi) is 5.91. The molecule has 160 valence electrons. The molecule has 6 nitrogen and oxygen atoms in total. The Balaban J connectivity index is 0.000000318. The highest BCUT2D eigenvalue weighted by Gasteiger charge is 2.38. The average Bonchev–Trinajstić information content (AvgIpc) is 3.14. The van der Waals surface area contributed by atoms with Crippen molar-refractivity contribution in [2.75, 3.05) is 0 Å². The van der Waals surface area contributed by atoms with Crippen LogP contribution in [0.4, 0.5) is 13.2 Å². The van der Waals surface area contributed by atoms with E-state index in [1.807, 2.05) is 24.3 Å². The number of carboxylic acid groups (broad SMARTS) is 1. The van der Waals surface area contributed by atoms with Crippen molar-refractivity contribution < 1.29 is 31.5 Å². The SMILES string of the molecule is NC1CCc2ccc3c(ccn3S(=O)(=O)c3ccccc3)c2C1.O=C(O)C(F)(F)F. The molecule has 4 rings (SSSR count). The van der Waals surface area contributed by atoms with Gasteiger partial charge in [0, 0.05) is 17.6 Å². The monoisotopic (exact) mass is 440 g/mol. The Morgan fingerprint density at radius 3 is 2.33 bits per heavy atom. The number of halogens is 3. The quantitative estimate of drug-likeness (QED) is 0.637. The molecule has 1 atom stereocenters. The lowest BCUT2D eigenvalue weighted by atomic mass is 9.87. The number of carbonyl (C=O) groups is 1. The maximum absolute atomic E-state index is 12.9. The topological polar surface area (TPSA) is 102 Å². The Bertz CT molecular complexity index is 1170. The second-order valence-electron chi connectivity index (χ2n) is 6.87. The van der Waals surface area contributed by atoms with Crippen molar-refractivity contribution in [3.05, 3.63) is 65.9 Å². The number of benzene rings is 2. The molecule has 3 aromatic rings. The highest BCUT2D eigenvalue weighted by molar-refractivity contribution is 7.90. The van der Waals surface area contributed by atoms with Crippen LogP contribution in [-0.2, 0) is 27.7 Å². The van der Waals surface area contributed by atoms with Gasteiger partial charge in [-0.3, -0.25) is 0 Å². The predicted octanol–water partition coefficient (Wildman–Crippen LogP) is 3.33. The zero-order valence-corrected chi connectivity index (χ0v) is 16.4. The smallest absolute Gasteiger partial charge is 0.475 e. The highest BCUT2D eigenvalue weighted by Crippen LogP contribution is 2.31. The van der Waals surface area contributed by atoms with Gasteiger partial charge in [0.25, 0.3) is 10.0 Å². The Morgan fingerprint density at radius 1 is 1.10 bits per heavy atom. The van der Waals surface area contributed by atoms with Gasteiger partial charge in [0.1, 0.15) is 0 Å². The van der Waals surface area contributed by atoms with E-state index in [1.165, 1.54) is 15.1 Å². The van der Waals surface area contributed by atoms with Crippen LogP contribution in [0, 0.1) is 0 Å². The fourth-order valence-corrected chi connectivity index (χ4v) is 4.76. The Hall–Kier alpha value is -2.85. The third-order valence-corrected chi connectivity index (χ3v) is 6.54. The first-order valence-electron chi connectivity index (χ1n) is 9.00. The molecule has 0 fully saturated rings. The number of carboxylic acids is 1. The molecule has 1 aliphatic rings. The van der Waals surface area contributed by atoms with Gasteiger partial charge in [-0.2, -0.15) is 13.2 Å². The number of hydrogen-bond acceptors (Lipinski definition) is 4. The van der Waals surface area contributed by atoms with Gasteiger partial charge >= 0.3 is 12.1 Å². The van der Waals surface area contributed by atoms with Crippen LogP contribution in [0.25, 0.3) is 10.9 Å². The summed E-state index contributed by atoms with van der Waals surface area (Å²) in [6.07, 6.45) is -0.680. The summed E-state index contributed by atoms with van der Waals surface area (Å²) in [6.45, 7) is 0. The third-order valence-electron chi connectivity index (χ3n) is 4.84. The zero-order chi connectivity index (χ0) is 22.1. The minimum Gasteiger partial charge on any atom is -0.475 e. The van der Waals surface area contributed by atoms with E-state index >= 15 is 0 Å². The molecule has 3 N–H and O–H groups in total. The second kappa shape index (κ2) is 8.11. The van der Waals surface area contributed by atoms with E-state index in [-0.39, 0.29) is 6.04 Å². The summed E-state index contributed by atoms with van der Waals surface area (Å²) in [5.41, 5.74) is 9.31. The maximum atomic E-state index is 12.9. The van der Waals surface area contributed by atoms with Gasteiger partial charge in [-0.1, -0.05) is 24.3 Å². The first-order valence-corrected chi connectivity index (χ1v) is 10.4. The lowest BCUT2D eigenvalue weighted by Gasteiger charge is -2.22. The van der Waals surface area contributed by atoms with Crippen LogP contribution in [0.5, 0.6) is 0 Å². The minimum atomic E-state index is -5.08. The molecule has 1 unspecified atom stereocenters. The summed E-state index contributed by atoms with van der Waals surface area (Å²) in [4.78, 5) is 9.19. The van der Waals surface area contributed by atoms with E-state index in [0.29, 0.717) is 4.90 Å². The summed E-state index contributed by atoms with van der Waals surface area (Å²) in [6, 6.07) is 14.5. The van der Waals surface area contributed by atoms with Gasteiger partial charge in [-0.15, -0.1) is 0 Å². The normalized spacial score (nSPS) is 16.5. The van der Waals surface area contributed by atoms with Crippen molar-refractivity contribution >= 4 is 26.9 Å². The van der Waals surface area contributed by atoms with E-state index in [1.54, 1.807) is 30.5 Å². The molecular formula is C20H19F3N2O4S. The number of nitrogens with two attached hydrogens (primary N) is 1. The number of aromatic nitrogens is 1. The van der Waals surface area contributed by atoms with Crippen molar-refractivity contribution in [2.45, 2.75) is 36.4 Å². The van der Waals surface area contributed by atoms with Crippen molar-refractivity contribution in [3.63, 3.8) is 0 Å². The van der Waals surface area contributed by atoms with Crippen molar-refractivity contribution in [1.82, 2.24) is 3.97 Å². The second-order valence-corrected chi connectivity index (χ2v) is 8.69. The summed E-state index contributed by atoms with van der Waals surface area (Å²) in [7, 11) is -3.58. The number of rotatable bonds is 2. The number of nitrogens with zero attached hydrogens (tertiary/aromatic N) is 1. The number of hydrogen-bond donors (Lipinski definition) is 2. The summed E-state index contributed by atoms with van der Waals surface area (Å²) >= 11 is 0. The van der Waals surface area contributed by atoms with Crippen molar-refractivity contribution in [3.8, 4) is 0 Å². The fraction of sp³-hybridized carbons (Fsp3) is 0.250. The zero-order valence-electron chi connectivity index (χ0n) is 15.6. The molecule has 0 bridgehead atoms. The van der Waals surface area contributed by atoms with Crippen LogP contribution in [0.1, 0.15) is 17.5 Å². The maximum Gasteiger partial charge on any atom is 0.490 e. The molecule has 30 heavy (non-hydrogen) atoms. The molecule has 1 aliphatic carbocycles. The van der Waals surface area contributed by atoms with Gasteiger partial charge in [0.15, 0.2) is 0 Å². The molecule has 0 spiro atoms. The highest BCUT2D eigenvalue weighted by atomic mass is 32.2. The Labute approximate surface area is 170 Å². The minimum absolute atomic E-state index is 0.155. The third kappa shape index (κ3) is 4.34. The first-order chi connectivity index (χ1) is 14.0. The summed E-state index contributed by atoms with van der Waals surface area (Å²) < 4.78 is 58.9. The van der Waals surface area contributed by atoms with Gasteiger partial charge < -0.3 is 10.8 Å². The van der Waals surface area contributed by atoms with E-state index in [2.05, 4.69) is 0 Å². The van der Waals surface area contributed by atoms with Crippen LogP contribution in [0.2, 0.25) is 0 Å². The molecule has 0 saturated carbocycles. The van der Waals surface area contributed by atoms with Crippen LogP contribution >= 0.6 is 0 Å². The summed E-state index contributed by atoms with van der Waals surface area (Å²) in [5, 5.41) is 8.12. The van der Waals surface area contributed by atoms with E-state index in [9.17, 15) is 21.6 Å². The predicted molar refractivity (Wildman–Crippen MR) is 105 cm³/mol. The van der Waals surface area contributed by atoms with Crippen LogP contribution in [-0.4, -0.2) is 35.7 Å². The molecule has 0 radical (unpaired) electrons. The summed E-state index contributed by atoms with van der Waals surface area (Å²) in [5.74, 6) is -2.76. The largest absolute Gasteiger partial charge is 0.490 e.